The van der Waals surface area contributed by atoms with Gasteiger partial charge in [-0.05, 0) is 19.1 Å². The molecule has 0 radical (unpaired) electrons. The highest BCUT2D eigenvalue weighted by atomic mass is 32.1. The Morgan fingerprint density at radius 2 is 2.18 bits per heavy atom. The molecule has 0 atom stereocenters. The van der Waals surface area contributed by atoms with Crippen LogP contribution < -0.4 is 16.6 Å². The van der Waals surface area contributed by atoms with Crippen LogP contribution in [0.1, 0.15) is 15.2 Å². The Hall–Kier alpha value is -1.99. The summed E-state index contributed by atoms with van der Waals surface area (Å²) in [6.07, 6.45) is 3.16. The number of anilines is 2. The Morgan fingerprint density at radius 3 is 2.71 bits per heavy atom. The molecule has 0 unspecified atom stereocenters. The van der Waals surface area contributed by atoms with Gasteiger partial charge in [0.1, 0.15) is 5.82 Å². The van der Waals surface area contributed by atoms with Gasteiger partial charge in [-0.15, -0.1) is 11.3 Å². The number of hydrogen-bond donors (Lipinski definition) is 3. The molecule has 17 heavy (non-hydrogen) atoms. The fourth-order valence-corrected chi connectivity index (χ4v) is 1.85. The van der Waals surface area contributed by atoms with E-state index in [4.69, 9.17) is 5.84 Å². The average molecular weight is 249 g/mol. The van der Waals surface area contributed by atoms with Crippen molar-refractivity contribution < 1.29 is 4.79 Å². The number of nitrogen functional groups attached to an aromatic ring is 1. The van der Waals surface area contributed by atoms with Gasteiger partial charge >= 0.3 is 0 Å². The Kier molecular flexibility index (Phi) is 3.31. The standard InChI is InChI=1S/C10H11N5OS/c1-6-4-13-10(17-6)14-9(16)7-2-3-8(15-11)12-5-7/h2-5H,11H2,1H3,(H,12,15)(H,13,14,16). The van der Waals surface area contributed by atoms with Gasteiger partial charge < -0.3 is 5.43 Å². The number of carbonyl (C=O) groups excluding carboxylic acids is 1. The lowest BCUT2D eigenvalue weighted by Gasteiger charge is -2.02. The summed E-state index contributed by atoms with van der Waals surface area (Å²) in [6.45, 7) is 1.93. The molecule has 4 N–H and O–H groups in total. The summed E-state index contributed by atoms with van der Waals surface area (Å²) in [6, 6.07) is 3.26. The van der Waals surface area contributed by atoms with Crippen LogP contribution in [0.4, 0.5) is 10.9 Å². The quantitative estimate of drug-likeness (QED) is 0.564. The highest BCUT2D eigenvalue weighted by Crippen LogP contribution is 2.17. The second kappa shape index (κ2) is 4.89. The van der Waals surface area contributed by atoms with Crippen LogP contribution >= 0.6 is 11.3 Å². The van der Waals surface area contributed by atoms with E-state index in [2.05, 4.69) is 20.7 Å². The summed E-state index contributed by atoms with van der Waals surface area (Å²) in [5.41, 5.74) is 2.85. The Labute approximate surface area is 102 Å². The van der Waals surface area contributed by atoms with Crippen molar-refractivity contribution in [2.45, 2.75) is 6.92 Å². The highest BCUT2D eigenvalue weighted by molar-refractivity contribution is 7.15. The third kappa shape index (κ3) is 2.77. The molecule has 7 heteroatoms. The maximum Gasteiger partial charge on any atom is 0.259 e. The van der Waals surface area contributed by atoms with Crippen LogP contribution in [0.5, 0.6) is 0 Å². The van der Waals surface area contributed by atoms with Crippen LogP contribution in [0.3, 0.4) is 0 Å². The SMILES string of the molecule is Cc1cnc(NC(=O)c2ccc(NN)nc2)s1. The third-order valence-corrected chi connectivity index (χ3v) is 2.84. The van der Waals surface area contributed by atoms with Gasteiger partial charge in [0.2, 0.25) is 0 Å². The smallest absolute Gasteiger partial charge is 0.259 e. The monoisotopic (exact) mass is 249 g/mol. The maximum absolute atomic E-state index is 11.8. The molecule has 0 bridgehead atoms. The summed E-state index contributed by atoms with van der Waals surface area (Å²) >= 11 is 1.42. The molecule has 0 aromatic carbocycles. The van der Waals surface area contributed by atoms with Crippen LogP contribution in [0.2, 0.25) is 0 Å². The largest absolute Gasteiger partial charge is 0.308 e. The molecule has 0 aliphatic carbocycles. The molecule has 2 rings (SSSR count). The van der Waals surface area contributed by atoms with Crippen molar-refractivity contribution in [1.82, 2.24) is 9.97 Å². The number of amides is 1. The topological polar surface area (TPSA) is 92.9 Å². The van der Waals surface area contributed by atoms with E-state index in [0.29, 0.717) is 16.5 Å². The Balaban J connectivity index is 2.09. The van der Waals surface area contributed by atoms with Crippen molar-refractivity contribution in [1.29, 1.82) is 0 Å². The number of thiazole rings is 1. The Morgan fingerprint density at radius 1 is 1.35 bits per heavy atom. The van der Waals surface area contributed by atoms with Crippen molar-refractivity contribution >= 4 is 28.2 Å². The first-order valence-corrected chi connectivity index (χ1v) is 5.67. The van der Waals surface area contributed by atoms with Crippen LogP contribution in [-0.4, -0.2) is 15.9 Å². The molecule has 0 aliphatic rings. The number of carbonyl (C=O) groups is 1. The van der Waals surface area contributed by atoms with Gasteiger partial charge in [-0.2, -0.15) is 0 Å². The van der Waals surface area contributed by atoms with Crippen LogP contribution in [-0.2, 0) is 0 Å². The predicted molar refractivity (Wildman–Crippen MR) is 66.9 cm³/mol. The van der Waals surface area contributed by atoms with Gasteiger partial charge in [0.05, 0.1) is 5.56 Å². The fraction of sp³-hybridized carbons (Fsp3) is 0.100. The number of pyridine rings is 1. The minimum absolute atomic E-state index is 0.240. The van der Waals surface area contributed by atoms with Crippen molar-refractivity contribution in [2.75, 3.05) is 10.7 Å². The minimum Gasteiger partial charge on any atom is -0.308 e. The molecule has 2 aromatic heterocycles. The van der Waals surface area contributed by atoms with E-state index in [1.54, 1.807) is 18.3 Å². The molecule has 2 heterocycles. The second-order valence-electron chi connectivity index (χ2n) is 3.31. The molecule has 0 spiro atoms. The molecule has 6 nitrogen and oxygen atoms in total. The fourth-order valence-electron chi connectivity index (χ4n) is 1.20. The third-order valence-electron chi connectivity index (χ3n) is 2.02. The molecule has 1 amide bonds. The van der Waals surface area contributed by atoms with E-state index < -0.39 is 0 Å². The second-order valence-corrected chi connectivity index (χ2v) is 4.54. The van der Waals surface area contributed by atoms with Gasteiger partial charge in [-0.25, -0.2) is 15.8 Å². The summed E-state index contributed by atoms with van der Waals surface area (Å²) in [5, 5.41) is 3.27. The van der Waals surface area contributed by atoms with Gasteiger partial charge in [0.15, 0.2) is 5.13 Å². The first-order chi connectivity index (χ1) is 8.19. The normalized spacial score (nSPS) is 10.0. The molecule has 0 saturated heterocycles. The van der Waals surface area contributed by atoms with Gasteiger partial charge in [0.25, 0.3) is 5.91 Å². The van der Waals surface area contributed by atoms with Crippen molar-refractivity contribution in [2.24, 2.45) is 5.84 Å². The van der Waals surface area contributed by atoms with Gasteiger partial charge in [-0.1, -0.05) is 0 Å². The maximum atomic E-state index is 11.8. The number of nitrogens with one attached hydrogen (secondary N) is 2. The van der Waals surface area contributed by atoms with E-state index >= 15 is 0 Å². The number of nitrogens with zero attached hydrogens (tertiary/aromatic N) is 2. The summed E-state index contributed by atoms with van der Waals surface area (Å²) in [4.78, 5) is 20.8. The summed E-state index contributed by atoms with van der Waals surface area (Å²) in [5.74, 6) is 5.45. The molecule has 88 valence electrons. The van der Waals surface area contributed by atoms with Crippen LogP contribution in [0, 0.1) is 6.92 Å². The zero-order valence-electron chi connectivity index (χ0n) is 9.10. The van der Waals surface area contributed by atoms with E-state index in [1.165, 1.54) is 17.5 Å². The van der Waals surface area contributed by atoms with E-state index in [9.17, 15) is 4.79 Å². The average Bonchev–Trinajstić information content (AvgIpc) is 2.75. The van der Waals surface area contributed by atoms with Crippen molar-refractivity contribution in [3.05, 3.63) is 35.0 Å². The number of hydrogen-bond acceptors (Lipinski definition) is 6. The molecular formula is C10H11N5OS. The summed E-state index contributed by atoms with van der Waals surface area (Å²) in [7, 11) is 0. The lowest BCUT2D eigenvalue weighted by Crippen LogP contribution is -2.13. The molecular weight excluding hydrogens is 238 g/mol. The van der Waals surface area contributed by atoms with Crippen molar-refractivity contribution in [3.8, 4) is 0 Å². The zero-order chi connectivity index (χ0) is 12.3. The van der Waals surface area contributed by atoms with Crippen LogP contribution in [0.25, 0.3) is 0 Å². The number of rotatable bonds is 3. The zero-order valence-corrected chi connectivity index (χ0v) is 9.91. The van der Waals surface area contributed by atoms with Crippen LogP contribution in [0.15, 0.2) is 24.5 Å². The Bertz CT molecular complexity index is 522. The molecule has 2 aromatic rings. The highest BCUT2D eigenvalue weighted by Gasteiger charge is 2.08. The lowest BCUT2D eigenvalue weighted by atomic mass is 10.2. The van der Waals surface area contributed by atoms with E-state index in [-0.39, 0.29) is 5.91 Å². The lowest BCUT2D eigenvalue weighted by molar-refractivity contribution is 0.102. The van der Waals surface area contributed by atoms with E-state index in [0.717, 1.165) is 4.88 Å². The first kappa shape index (κ1) is 11.5. The predicted octanol–water partition coefficient (Wildman–Crippen LogP) is 1.38. The van der Waals surface area contributed by atoms with Gasteiger partial charge in [0, 0.05) is 17.3 Å². The molecule has 0 aliphatic heterocycles. The minimum atomic E-state index is -0.240. The van der Waals surface area contributed by atoms with Gasteiger partial charge in [-0.3, -0.25) is 10.1 Å². The van der Waals surface area contributed by atoms with E-state index in [1.807, 2.05) is 6.92 Å². The first-order valence-electron chi connectivity index (χ1n) is 4.85. The number of aryl methyl sites for hydroxylation is 1. The van der Waals surface area contributed by atoms with Crippen molar-refractivity contribution in [3.63, 3.8) is 0 Å². The summed E-state index contributed by atoms with van der Waals surface area (Å²) < 4.78 is 0. The number of nitrogens with two attached hydrogens (primary N) is 1. The molecule has 0 saturated carbocycles. The molecule has 0 fully saturated rings. The number of aromatic nitrogens is 2. The number of hydrazine groups is 1.